The Labute approximate surface area is 176 Å². The molecular formula is C22H32FNO6. The summed E-state index contributed by atoms with van der Waals surface area (Å²) in [4.78, 5) is 26.0. The molecule has 0 spiro atoms. The van der Waals surface area contributed by atoms with Crippen molar-refractivity contribution in [1.82, 2.24) is 4.90 Å². The number of hydrogen-bond donors (Lipinski definition) is 2. The summed E-state index contributed by atoms with van der Waals surface area (Å²) in [6, 6.07) is 2.91. The van der Waals surface area contributed by atoms with Crippen molar-refractivity contribution in [1.29, 1.82) is 0 Å². The van der Waals surface area contributed by atoms with Gasteiger partial charge < -0.3 is 24.6 Å². The first-order valence-electron chi connectivity index (χ1n) is 10.1. The smallest absolute Gasteiger partial charge is 0.410 e. The minimum absolute atomic E-state index is 0.0138. The van der Waals surface area contributed by atoms with Crippen molar-refractivity contribution in [3.05, 3.63) is 29.1 Å². The predicted molar refractivity (Wildman–Crippen MR) is 109 cm³/mol. The fraction of sp³-hybridized carbons (Fsp3) is 0.636. The second kappa shape index (κ2) is 8.79. The highest BCUT2D eigenvalue weighted by Crippen LogP contribution is 2.43. The summed E-state index contributed by atoms with van der Waals surface area (Å²) in [6.45, 7) is 9.27. The number of carbonyl (C=O) groups excluding carboxylic acids is 1. The summed E-state index contributed by atoms with van der Waals surface area (Å²) in [5.41, 5.74) is -1.61. The third-order valence-electron chi connectivity index (χ3n) is 5.34. The molecule has 0 aromatic heterocycles. The van der Waals surface area contributed by atoms with Crippen LogP contribution < -0.4 is 4.74 Å². The van der Waals surface area contributed by atoms with Gasteiger partial charge in [0, 0.05) is 18.7 Å². The summed E-state index contributed by atoms with van der Waals surface area (Å²) >= 11 is 0. The lowest BCUT2D eigenvalue weighted by Crippen LogP contribution is -2.52. The van der Waals surface area contributed by atoms with Crippen LogP contribution in [0.3, 0.4) is 0 Å². The number of aliphatic hydroxyl groups is 1. The van der Waals surface area contributed by atoms with E-state index < -0.39 is 35.0 Å². The van der Waals surface area contributed by atoms with Crippen LogP contribution in [0, 0.1) is 5.82 Å². The lowest BCUT2D eigenvalue weighted by molar-refractivity contribution is -0.148. The fourth-order valence-electron chi connectivity index (χ4n) is 3.74. The largest absolute Gasteiger partial charge is 0.493 e. The third-order valence-corrected chi connectivity index (χ3v) is 5.34. The molecule has 0 radical (unpaired) electrons. The molecule has 0 bridgehead atoms. The van der Waals surface area contributed by atoms with Crippen LogP contribution in [-0.4, -0.2) is 58.6 Å². The van der Waals surface area contributed by atoms with Gasteiger partial charge in [-0.2, -0.15) is 0 Å². The van der Waals surface area contributed by atoms with Gasteiger partial charge in [0.15, 0.2) is 11.6 Å². The molecule has 1 heterocycles. The maximum atomic E-state index is 14.6. The van der Waals surface area contributed by atoms with Crippen LogP contribution in [0.4, 0.5) is 9.18 Å². The second-order valence-electron chi connectivity index (χ2n) is 9.12. The summed E-state index contributed by atoms with van der Waals surface area (Å²) < 4.78 is 25.2. The second-order valence-corrected chi connectivity index (χ2v) is 9.12. The summed E-state index contributed by atoms with van der Waals surface area (Å²) in [6.07, 6.45) is -0.485. The first-order valence-corrected chi connectivity index (χ1v) is 10.1. The first-order chi connectivity index (χ1) is 13.8. The van der Waals surface area contributed by atoms with Crippen molar-refractivity contribution in [2.45, 2.75) is 70.5 Å². The number of amides is 1. The van der Waals surface area contributed by atoms with Crippen LogP contribution in [0.2, 0.25) is 0 Å². The van der Waals surface area contributed by atoms with E-state index in [1.165, 1.54) is 18.1 Å². The number of carbonyl (C=O) groups is 2. The number of nitrogens with zero attached hydrogens (tertiary/aromatic N) is 1. The Hall–Kier alpha value is -2.35. The molecule has 2 rings (SSSR count). The zero-order valence-corrected chi connectivity index (χ0v) is 18.5. The van der Waals surface area contributed by atoms with E-state index in [0.29, 0.717) is 5.56 Å². The lowest BCUT2D eigenvalue weighted by Gasteiger charge is -2.42. The Bertz CT molecular complexity index is 794. The highest BCUT2D eigenvalue weighted by molar-refractivity contribution is 5.79. The topological polar surface area (TPSA) is 96.3 Å². The molecule has 1 aliphatic heterocycles. The number of hydrogen-bond acceptors (Lipinski definition) is 5. The van der Waals surface area contributed by atoms with Crippen LogP contribution in [0.15, 0.2) is 12.1 Å². The molecule has 168 valence electrons. The fourth-order valence-corrected chi connectivity index (χ4v) is 3.74. The van der Waals surface area contributed by atoms with E-state index in [4.69, 9.17) is 9.47 Å². The van der Waals surface area contributed by atoms with E-state index in [1.54, 1.807) is 26.8 Å². The Balaban J connectivity index is 2.36. The van der Waals surface area contributed by atoms with Gasteiger partial charge in [-0.05, 0) is 51.2 Å². The molecule has 1 unspecified atom stereocenters. The molecule has 0 aliphatic carbocycles. The standard InChI is InChI=1S/C22H32FNO6/c1-13(2)14-11-15(18(29-6)16(23)12-14)17(19(25)26)22(28)7-9-24(10-8-22)20(27)30-21(3,4)5/h11-13,17,28H,7-10H2,1-6H3,(H,25,26). The molecule has 2 N–H and O–H groups in total. The van der Waals surface area contributed by atoms with Gasteiger partial charge in [-0.25, -0.2) is 9.18 Å². The number of carboxylic acid groups (broad SMARTS) is 1. The van der Waals surface area contributed by atoms with Gasteiger partial charge >= 0.3 is 12.1 Å². The van der Waals surface area contributed by atoms with Gasteiger partial charge in [-0.3, -0.25) is 4.79 Å². The number of ether oxygens (including phenoxy) is 2. The number of benzene rings is 1. The van der Waals surface area contributed by atoms with Gasteiger partial charge in [-0.1, -0.05) is 19.9 Å². The number of methoxy groups -OCH3 is 1. The zero-order valence-electron chi connectivity index (χ0n) is 18.5. The van der Waals surface area contributed by atoms with Gasteiger partial charge in [0.25, 0.3) is 0 Å². The van der Waals surface area contributed by atoms with Crippen LogP contribution in [-0.2, 0) is 9.53 Å². The number of halogens is 1. The van der Waals surface area contributed by atoms with Gasteiger partial charge in [0.2, 0.25) is 0 Å². The molecule has 0 saturated carbocycles. The van der Waals surface area contributed by atoms with Crippen molar-refractivity contribution in [3.63, 3.8) is 0 Å². The predicted octanol–water partition coefficient (Wildman–Crippen LogP) is 3.89. The van der Waals surface area contributed by atoms with E-state index in [-0.39, 0.29) is 43.2 Å². The van der Waals surface area contributed by atoms with Crippen molar-refractivity contribution in [2.24, 2.45) is 0 Å². The van der Waals surface area contributed by atoms with Gasteiger partial charge in [-0.15, -0.1) is 0 Å². The number of piperidine rings is 1. The number of rotatable bonds is 5. The zero-order chi connectivity index (χ0) is 22.9. The molecule has 1 saturated heterocycles. The quantitative estimate of drug-likeness (QED) is 0.743. The average Bonchev–Trinajstić information content (AvgIpc) is 2.60. The van der Waals surface area contributed by atoms with Crippen LogP contribution in [0.25, 0.3) is 0 Å². The molecule has 7 nitrogen and oxygen atoms in total. The van der Waals surface area contributed by atoms with Gasteiger partial charge in [0.05, 0.1) is 12.7 Å². The van der Waals surface area contributed by atoms with E-state index in [1.807, 2.05) is 13.8 Å². The summed E-state index contributed by atoms with van der Waals surface area (Å²) in [5.74, 6) is -3.57. The van der Waals surface area contributed by atoms with Crippen LogP contribution >= 0.6 is 0 Å². The molecule has 8 heteroatoms. The normalized spacial score (nSPS) is 17.6. The lowest BCUT2D eigenvalue weighted by atomic mass is 9.75. The van der Waals surface area contributed by atoms with Crippen molar-refractivity contribution >= 4 is 12.1 Å². The van der Waals surface area contributed by atoms with Gasteiger partial charge in [0.1, 0.15) is 11.5 Å². The Kier molecular flexibility index (Phi) is 7.01. The van der Waals surface area contributed by atoms with E-state index in [2.05, 4.69) is 0 Å². The molecule has 1 atom stereocenters. The Morgan fingerprint density at radius 3 is 2.20 bits per heavy atom. The van der Waals surface area contributed by atoms with Crippen molar-refractivity contribution < 1.29 is 33.7 Å². The summed E-state index contributed by atoms with van der Waals surface area (Å²) in [7, 11) is 1.27. The van der Waals surface area contributed by atoms with Crippen LogP contribution in [0.5, 0.6) is 5.75 Å². The highest BCUT2D eigenvalue weighted by atomic mass is 19.1. The maximum Gasteiger partial charge on any atom is 0.410 e. The number of aliphatic carboxylic acids is 1. The van der Waals surface area contributed by atoms with E-state index in [9.17, 15) is 24.2 Å². The maximum absolute atomic E-state index is 14.6. The molecule has 1 amide bonds. The average molecular weight is 425 g/mol. The number of likely N-dealkylation sites (tertiary alicyclic amines) is 1. The van der Waals surface area contributed by atoms with Crippen LogP contribution in [0.1, 0.15) is 70.4 Å². The highest BCUT2D eigenvalue weighted by Gasteiger charge is 2.47. The Morgan fingerprint density at radius 2 is 1.77 bits per heavy atom. The van der Waals surface area contributed by atoms with Crippen molar-refractivity contribution in [3.8, 4) is 5.75 Å². The number of carboxylic acids is 1. The minimum atomic E-state index is -1.67. The van der Waals surface area contributed by atoms with E-state index >= 15 is 0 Å². The van der Waals surface area contributed by atoms with E-state index in [0.717, 1.165) is 0 Å². The van der Waals surface area contributed by atoms with Crippen molar-refractivity contribution in [2.75, 3.05) is 20.2 Å². The molecular weight excluding hydrogens is 393 g/mol. The molecule has 1 aliphatic rings. The molecule has 30 heavy (non-hydrogen) atoms. The molecule has 1 aromatic carbocycles. The summed E-state index contributed by atoms with van der Waals surface area (Å²) in [5, 5.41) is 21.3. The third kappa shape index (κ3) is 5.22. The molecule has 1 aromatic rings. The first kappa shape index (κ1) is 23.9. The Morgan fingerprint density at radius 1 is 1.20 bits per heavy atom. The minimum Gasteiger partial charge on any atom is -0.493 e. The SMILES string of the molecule is COc1c(F)cc(C(C)C)cc1C(C(=O)O)C1(O)CCN(C(=O)OC(C)(C)C)CC1. The monoisotopic (exact) mass is 425 g/mol. The molecule has 1 fully saturated rings.